The van der Waals surface area contributed by atoms with Gasteiger partial charge in [-0.3, -0.25) is 4.79 Å². The van der Waals surface area contributed by atoms with E-state index in [0.717, 1.165) is 5.56 Å². The first-order valence-corrected chi connectivity index (χ1v) is 4.50. The molecular weight excluding hydrogens is 204 g/mol. The molecule has 0 aliphatic carbocycles. The van der Waals surface area contributed by atoms with E-state index in [4.69, 9.17) is 16.7 Å². The minimum Gasteiger partial charge on any atom is -0.480 e. The van der Waals surface area contributed by atoms with Gasteiger partial charge in [0, 0.05) is 0 Å². The number of anilines is 1. The average Bonchev–Trinajstić information content (AvgIpc) is 2.11. The molecule has 76 valence electrons. The third-order valence-electron chi connectivity index (χ3n) is 1.77. The van der Waals surface area contributed by atoms with Crippen LogP contribution in [0.2, 0.25) is 5.15 Å². The van der Waals surface area contributed by atoms with Gasteiger partial charge in [-0.05, 0) is 25.5 Å². The number of rotatable bonds is 3. The minimum atomic E-state index is -0.905. The molecule has 1 atom stereocenters. The van der Waals surface area contributed by atoms with Gasteiger partial charge in [0.05, 0.1) is 11.9 Å². The van der Waals surface area contributed by atoms with Gasteiger partial charge < -0.3 is 10.4 Å². The Morgan fingerprint density at radius 3 is 2.86 bits per heavy atom. The number of aryl methyl sites for hydroxylation is 1. The molecule has 0 aliphatic rings. The van der Waals surface area contributed by atoms with Crippen molar-refractivity contribution in [3.63, 3.8) is 0 Å². The van der Waals surface area contributed by atoms with Crippen molar-refractivity contribution < 1.29 is 9.90 Å². The quantitative estimate of drug-likeness (QED) is 0.755. The van der Waals surface area contributed by atoms with Gasteiger partial charge in [0.2, 0.25) is 0 Å². The lowest BCUT2D eigenvalue weighted by molar-refractivity contribution is -0.137. The van der Waals surface area contributed by atoms with Crippen LogP contribution in [0.5, 0.6) is 0 Å². The van der Waals surface area contributed by atoms with Gasteiger partial charge in [-0.2, -0.15) is 0 Å². The highest BCUT2D eigenvalue weighted by Crippen LogP contribution is 2.16. The first-order valence-electron chi connectivity index (χ1n) is 4.12. The Labute approximate surface area is 86.9 Å². The molecule has 0 amide bonds. The van der Waals surface area contributed by atoms with Crippen LogP contribution in [0.15, 0.2) is 12.3 Å². The van der Waals surface area contributed by atoms with E-state index >= 15 is 0 Å². The topological polar surface area (TPSA) is 62.2 Å². The van der Waals surface area contributed by atoms with Crippen LogP contribution in [0, 0.1) is 6.92 Å². The summed E-state index contributed by atoms with van der Waals surface area (Å²) in [6.07, 6.45) is 1.51. The molecule has 0 aliphatic heterocycles. The molecule has 1 aromatic heterocycles. The highest BCUT2D eigenvalue weighted by atomic mass is 35.5. The predicted octanol–water partition coefficient (Wildman–Crippen LogP) is 1.93. The molecule has 0 aromatic carbocycles. The fraction of sp³-hybridized carbons (Fsp3) is 0.333. The molecule has 1 heterocycles. The van der Waals surface area contributed by atoms with Crippen LogP contribution < -0.4 is 5.32 Å². The monoisotopic (exact) mass is 214 g/mol. The number of carboxylic acid groups (broad SMARTS) is 1. The second kappa shape index (κ2) is 4.28. The summed E-state index contributed by atoms with van der Waals surface area (Å²) in [5, 5.41) is 11.9. The lowest BCUT2D eigenvalue weighted by Gasteiger charge is -2.10. The molecule has 0 saturated carbocycles. The normalized spacial score (nSPS) is 12.2. The predicted molar refractivity (Wildman–Crippen MR) is 54.7 cm³/mol. The maximum atomic E-state index is 10.5. The van der Waals surface area contributed by atoms with Crippen molar-refractivity contribution in [2.45, 2.75) is 19.9 Å². The van der Waals surface area contributed by atoms with Gasteiger partial charge >= 0.3 is 5.97 Å². The van der Waals surface area contributed by atoms with E-state index in [9.17, 15) is 4.79 Å². The number of nitrogens with zero attached hydrogens (tertiary/aromatic N) is 1. The van der Waals surface area contributed by atoms with E-state index in [1.54, 1.807) is 13.0 Å². The van der Waals surface area contributed by atoms with E-state index < -0.39 is 12.0 Å². The van der Waals surface area contributed by atoms with Crippen LogP contribution in [0.1, 0.15) is 12.5 Å². The minimum absolute atomic E-state index is 0.429. The number of aliphatic carboxylic acids is 1. The highest BCUT2D eigenvalue weighted by Gasteiger charge is 2.10. The number of halogens is 1. The first-order chi connectivity index (χ1) is 6.50. The van der Waals surface area contributed by atoms with Crippen LogP contribution >= 0.6 is 11.6 Å². The van der Waals surface area contributed by atoms with Crippen molar-refractivity contribution in [3.05, 3.63) is 23.0 Å². The standard InChI is InChI=1S/C9H11ClN2O2/c1-5-3-7(4-11-8(5)10)12-6(2)9(13)14/h3-4,6,12H,1-2H3,(H,13,14). The van der Waals surface area contributed by atoms with E-state index in [1.165, 1.54) is 6.20 Å². The van der Waals surface area contributed by atoms with Crippen LogP contribution in [0.3, 0.4) is 0 Å². The number of aromatic nitrogens is 1. The molecule has 0 spiro atoms. The van der Waals surface area contributed by atoms with Gasteiger partial charge in [0.1, 0.15) is 11.2 Å². The molecule has 0 radical (unpaired) electrons. The summed E-state index contributed by atoms with van der Waals surface area (Å²) in [6, 6.07) is 1.12. The zero-order valence-corrected chi connectivity index (χ0v) is 8.67. The van der Waals surface area contributed by atoms with Gasteiger partial charge in [-0.1, -0.05) is 11.6 Å². The zero-order chi connectivity index (χ0) is 10.7. The van der Waals surface area contributed by atoms with Crippen molar-refractivity contribution in [3.8, 4) is 0 Å². The molecule has 0 saturated heterocycles. The number of carbonyl (C=O) groups is 1. The molecule has 2 N–H and O–H groups in total. The molecule has 0 fully saturated rings. The zero-order valence-electron chi connectivity index (χ0n) is 7.91. The molecule has 0 bridgehead atoms. The summed E-state index contributed by atoms with van der Waals surface area (Å²) >= 11 is 5.72. The maximum absolute atomic E-state index is 10.5. The Hall–Kier alpha value is -1.29. The lowest BCUT2D eigenvalue weighted by atomic mass is 10.2. The second-order valence-electron chi connectivity index (χ2n) is 3.04. The first kappa shape index (κ1) is 10.8. The van der Waals surface area contributed by atoms with Gasteiger partial charge in [0.15, 0.2) is 0 Å². The summed E-state index contributed by atoms with van der Waals surface area (Å²) in [4.78, 5) is 14.4. The highest BCUT2D eigenvalue weighted by molar-refractivity contribution is 6.30. The van der Waals surface area contributed by atoms with Gasteiger partial charge in [-0.15, -0.1) is 0 Å². The molecule has 14 heavy (non-hydrogen) atoms. The SMILES string of the molecule is Cc1cc(NC(C)C(=O)O)cnc1Cl. The second-order valence-corrected chi connectivity index (χ2v) is 3.39. The van der Waals surface area contributed by atoms with Crippen molar-refractivity contribution >= 4 is 23.3 Å². The van der Waals surface area contributed by atoms with Gasteiger partial charge in [-0.25, -0.2) is 4.98 Å². The summed E-state index contributed by atoms with van der Waals surface area (Å²) in [6.45, 7) is 3.37. The number of carboxylic acids is 1. The lowest BCUT2D eigenvalue weighted by Crippen LogP contribution is -2.25. The van der Waals surface area contributed by atoms with Crippen LogP contribution in [-0.4, -0.2) is 22.1 Å². The smallest absolute Gasteiger partial charge is 0.325 e. The molecule has 1 unspecified atom stereocenters. The molecule has 1 rings (SSSR count). The Bertz CT molecular complexity index is 355. The fourth-order valence-electron chi connectivity index (χ4n) is 0.949. The number of hydrogen-bond acceptors (Lipinski definition) is 3. The fourth-order valence-corrected chi connectivity index (χ4v) is 1.05. The summed E-state index contributed by atoms with van der Waals surface area (Å²) in [7, 11) is 0. The van der Waals surface area contributed by atoms with Crippen LogP contribution in [-0.2, 0) is 4.79 Å². The van der Waals surface area contributed by atoms with E-state index in [1.807, 2.05) is 6.92 Å². The maximum Gasteiger partial charge on any atom is 0.325 e. The number of pyridine rings is 1. The third kappa shape index (κ3) is 2.60. The molecular formula is C9H11ClN2O2. The third-order valence-corrected chi connectivity index (χ3v) is 2.16. The van der Waals surface area contributed by atoms with Crippen LogP contribution in [0.25, 0.3) is 0 Å². The molecule has 1 aromatic rings. The van der Waals surface area contributed by atoms with Crippen molar-refractivity contribution in [1.29, 1.82) is 0 Å². The Kier molecular flexibility index (Phi) is 3.30. The van der Waals surface area contributed by atoms with Crippen molar-refractivity contribution in [2.24, 2.45) is 0 Å². The van der Waals surface area contributed by atoms with Gasteiger partial charge in [0.25, 0.3) is 0 Å². The number of nitrogens with one attached hydrogen (secondary N) is 1. The van der Waals surface area contributed by atoms with E-state index in [2.05, 4.69) is 10.3 Å². The summed E-state index contributed by atoms with van der Waals surface area (Å²) in [5.74, 6) is -0.905. The summed E-state index contributed by atoms with van der Waals surface area (Å²) < 4.78 is 0. The van der Waals surface area contributed by atoms with Crippen LogP contribution in [0.4, 0.5) is 5.69 Å². The summed E-state index contributed by atoms with van der Waals surface area (Å²) in [5.41, 5.74) is 1.47. The van der Waals surface area contributed by atoms with E-state index in [0.29, 0.717) is 10.8 Å². The molecule has 5 heteroatoms. The van der Waals surface area contributed by atoms with E-state index in [-0.39, 0.29) is 0 Å². The largest absolute Gasteiger partial charge is 0.480 e. The number of hydrogen-bond donors (Lipinski definition) is 2. The Balaban J connectivity index is 2.78. The Morgan fingerprint density at radius 1 is 1.71 bits per heavy atom. The average molecular weight is 215 g/mol. The van der Waals surface area contributed by atoms with Crippen molar-refractivity contribution in [2.75, 3.05) is 5.32 Å². The van der Waals surface area contributed by atoms with Crippen molar-refractivity contribution in [1.82, 2.24) is 4.98 Å². The molecule has 4 nitrogen and oxygen atoms in total. The Morgan fingerprint density at radius 2 is 2.36 bits per heavy atom.